The summed E-state index contributed by atoms with van der Waals surface area (Å²) < 4.78 is 34.0. The van der Waals surface area contributed by atoms with E-state index in [4.69, 9.17) is 28.9 Å². The molecule has 104 valence electrons. The van der Waals surface area contributed by atoms with E-state index in [1.165, 1.54) is 6.08 Å². The Morgan fingerprint density at radius 3 is 2.40 bits per heavy atom. The van der Waals surface area contributed by atoms with Gasteiger partial charge in [0, 0.05) is 6.42 Å². The van der Waals surface area contributed by atoms with Crippen molar-refractivity contribution in [1.82, 2.24) is 15.0 Å². The maximum Gasteiger partial charge on any atom is 1.00 e. The summed E-state index contributed by atoms with van der Waals surface area (Å²) >= 11 is 12.2. The summed E-state index contributed by atoms with van der Waals surface area (Å²) in [5.74, 6) is -0.0617. The molecule has 0 amide bonds. The molecule has 0 fully saturated rings. The second-order valence-corrected chi connectivity index (χ2v) is 7.07. The first kappa shape index (κ1) is 18.2. The number of alkyl halides is 2. The van der Waals surface area contributed by atoms with Crippen molar-refractivity contribution in [2.75, 3.05) is 0 Å². The van der Waals surface area contributed by atoms with Gasteiger partial charge in [0.15, 0.2) is 5.82 Å². The molecule has 0 aliphatic heterocycles. The van der Waals surface area contributed by atoms with Gasteiger partial charge in [-0.25, -0.2) is 23.4 Å². The van der Waals surface area contributed by atoms with Crippen molar-refractivity contribution in [3.05, 3.63) is 30.6 Å². The molecular weight excluding hydrogens is 338 g/mol. The van der Waals surface area contributed by atoms with Crippen molar-refractivity contribution < 1.29 is 42.5 Å². The number of halogens is 2. The molecule has 0 radical (unpaired) electrons. The number of nitrogens with zero attached hydrogens (tertiary/aromatic N) is 3. The van der Waals surface area contributed by atoms with E-state index >= 15 is 0 Å². The summed E-state index contributed by atoms with van der Waals surface area (Å²) in [4.78, 5) is 8.09. The van der Waals surface area contributed by atoms with Gasteiger partial charge in [0.2, 0.25) is 0 Å². The molecule has 1 aliphatic carbocycles. The van der Waals surface area contributed by atoms with Crippen molar-refractivity contribution in [3.8, 4) is 0 Å². The fraction of sp³-hybridized carbons (Fsp3) is 0.444. The molecule has 3 unspecified atom stereocenters. The van der Waals surface area contributed by atoms with Crippen LogP contribution < -0.4 is 35.3 Å². The van der Waals surface area contributed by atoms with E-state index < -0.39 is 25.2 Å². The van der Waals surface area contributed by atoms with Gasteiger partial charge in [0.1, 0.15) is 32.6 Å². The summed E-state index contributed by atoms with van der Waals surface area (Å²) in [7, 11) is -4.72. The van der Waals surface area contributed by atoms with E-state index in [1.54, 1.807) is 0 Å². The Balaban J connectivity index is 0.00000200. The zero-order valence-electron chi connectivity index (χ0n) is 10.4. The van der Waals surface area contributed by atoms with Crippen LogP contribution in [0.1, 0.15) is 12.2 Å². The summed E-state index contributed by atoms with van der Waals surface area (Å²) in [5.41, 5.74) is 5.72. The average molecular weight is 347 g/mol. The predicted molar refractivity (Wildman–Crippen MR) is 67.4 cm³/mol. The number of rotatable bonds is 2. The fourth-order valence-corrected chi connectivity index (χ4v) is 3.93. The van der Waals surface area contributed by atoms with Crippen LogP contribution in [0, 0.1) is 0 Å². The quantitative estimate of drug-likeness (QED) is 0.200. The predicted octanol–water partition coefficient (Wildman–Crippen LogP) is -2.92. The van der Waals surface area contributed by atoms with Crippen LogP contribution in [0.25, 0.3) is 0 Å². The molecule has 7 nitrogen and oxygen atoms in total. The van der Waals surface area contributed by atoms with Crippen molar-refractivity contribution in [2.24, 2.45) is 5.73 Å². The molecule has 0 spiro atoms. The molecule has 1 aliphatic rings. The average Bonchev–Trinajstić information content (AvgIpc) is 2.27. The molecule has 2 rings (SSSR count). The molecule has 1 aromatic rings. The summed E-state index contributed by atoms with van der Waals surface area (Å²) in [6.45, 7) is 0. The van der Waals surface area contributed by atoms with Crippen LogP contribution in [0.4, 0.5) is 0 Å². The molecule has 20 heavy (non-hydrogen) atoms. The Morgan fingerprint density at radius 1 is 1.35 bits per heavy atom. The Kier molecular flexibility index (Phi) is 5.60. The minimum Gasteiger partial charge on any atom is -0.747 e. The largest absolute Gasteiger partial charge is 1.00 e. The maximum absolute atomic E-state index is 11.3. The van der Waals surface area contributed by atoms with Crippen molar-refractivity contribution >= 4 is 33.3 Å². The molecule has 11 heteroatoms. The van der Waals surface area contributed by atoms with E-state index in [2.05, 4.69) is 15.0 Å². The fourth-order valence-electron chi connectivity index (χ4n) is 1.94. The third kappa shape index (κ3) is 3.69. The Labute approximate surface area is 148 Å². The van der Waals surface area contributed by atoms with E-state index in [0.717, 1.165) is 18.7 Å². The van der Waals surface area contributed by atoms with E-state index in [0.29, 0.717) is 0 Å². The Bertz CT molecular complexity index is 613. The van der Waals surface area contributed by atoms with Crippen LogP contribution in [0.5, 0.6) is 0 Å². The van der Waals surface area contributed by atoms with Gasteiger partial charge in [0.25, 0.3) is 0 Å². The van der Waals surface area contributed by atoms with Gasteiger partial charge in [-0.2, -0.15) is 0 Å². The van der Waals surface area contributed by atoms with Crippen molar-refractivity contribution in [2.45, 2.75) is 21.5 Å². The van der Waals surface area contributed by atoms with Crippen LogP contribution in [0.3, 0.4) is 0 Å². The molecule has 0 saturated heterocycles. The first-order valence-electron chi connectivity index (χ1n) is 5.08. The van der Waals surface area contributed by atoms with Gasteiger partial charge in [-0.1, -0.05) is 23.8 Å². The molecule has 2 N–H and O–H groups in total. The normalized spacial score (nSPS) is 33.5. The van der Waals surface area contributed by atoms with E-state index in [9.17, 15) is 13.0 Å². The summed E-state index contributed by atoms with van der Waals surface area (Å²) in [6.07, 6.45) is 4.39. The molecule has 0 aromatic carbocycles. The Hall–Kier alpha value is 0.200. The minimum absolute atomic E-state index is 0. The van der Waals surface area contributed by atoms with Crippen LogP contribution in [0.2, 0.25) is 0 Å². The van der Waals surface area contributed by atoms with Gasteiger partial charge in [0.05, 0.1) is 5.25 Å². The number of hydrogen-bond donors (Lipinski definition) is 1. The summed E-state index contributed by atoms with van der Waals surface area (Å²) in [6, 6.07) is 0. The van der Waals surface area contributed by atoms with Gasteiger partial charge in [-0.05, 0) is 0 Å². The monoisotopic (exact) mass is 346 g/mol. The topological polar surface area (TPSA) is 122 Å². The van der Waals surface area contributed by atoms with Crippen LogP contribution in [-0.4, -0.2) is 38.2 Å². The zero-order chi connectivity index (χ0) is 14.3. The van der Waals surface area contributed by atoms with Gasteiger partial charge < -0.3 is 10.3 Å². The third-order valence-electron chi connectivity index (χ3n) is 2.70. The van der Waals surface area contributed by atoms with Gasteiger partial charge in [-0.15, -0.1) is 11.6 Å². The standard InChI is InChI=1S/C9H10Cl2N4O3S.Na/c10-8(12)2-1-6(19(16,17)18)9(11,3-8)7-14-4-13-5-15-7;/h1-2,4-6H,3,12H2,(H,16,17,18);/q;+1/p-1. The first-order valence-corrected chi connectivity index (χ1v) is 7.31. The maximum atomic E-state index is 11.3. The van der Waals surface area contributed by atoms with Gasteiger partial charge >= 0.3 is 29.6 Å². The molecule has 0 saturated carbocycles. The third-order valence-corrected chi connectivity index (χ3v) is 4.81. The smallest absolute Gasteiger partial charge is 0.747 e. The second kappa shape index (κ2) is 6.13. The number of nitrogens with two attached hydrogens (primary N) is 1. The minimum atomic E-state index is -4.72. The molecule has 3 atom stereocenters. The SMILES string of the molecule is NC1(Cl)C=CC(S(=O)(=O)[O-])C(Cl)(c2ncncn2)C1.[Na+]. The number of aromatic nitrogens is 3. The van der Waals surface area contributed by atoms with E-state index in [-0.39, 0.29) is 41.8 Å². The van der Waals surface area contributed by atoms with Crippen molar-refractivity contribution in [3.63, 3.8) is 0 Å². The molecule has 1 aromatic heterocycles. The van der Waals surface area contributed by atoms with Crippen LogP contribution >= 0.6 is 23.2 Å². The Morgan fingerprint density at radius 2 is 1.90 bits per heavy atom. The molecule has 1 heterocycles. The van der Waals surface area contributed by atoms with Crippen molar-refractivity contribution in [1.29, 1.82) is 0 Å². The van der Waals surface area contributed by atoms with E-state index in [1.807, 2.05) is 0 Å². The zero-order valence-corrected chi connectivity index (χ0v) is 14.7. The van der Waals surface area contributed by atoms with Crippen LogP contribution in [-0.2, 0) is 15.0 Å². The van der Waals surface area contributed by atoms with Crippen LogP contribution in [0.15, 0.2) is 24.8 Å². The van der Waals surface area contributed by atoms with Gasteiger partial charge in [-0.3, -0.25) is 0 Å². The summed E-state index contributed by atoms with van der Waals surface area (Å²) in [5, 5.41) is -1.56. The molecular formula is C9H9Cl2N4NaO3S. The second-order valence-electron chi connectivity index (χ2n) is 4.20. The first-order chi connectivity index (χ1) is 8.65. The molecule has 0 bridgehead atoms. The number of hydrogen-bond acceptors (Lipinski definition) is 7.